The molecular weight excluding hydrogens is 344 g/mol. The minimum absolute atomic E-state index is 0.249. The number of hydrogen-bond donors (Lipinski definition) is 4. The average molecular weight is 366 g/mol. The van der Waals surface area contributed by atoms with Gasteiger partial charge < -0.3 is 31.3 Å². The molecule has 1 unspecified atom stereocenters. The van der Waals surface area contributed by atoms with Gasteiger partial charge in [0.2, 0.25) is 5.06 Å². The molecule has 2 atom stereocenters. The van der Waals surface area contributed by atoms with Crippen LogP contribution in [0.1, 0.15) is 25.3 Å². The molecule has 1 aliphatic rings. The summed E-state index contributed by atoms with van der Waals surface area (Å²) in [5.74, 6) is 0.716. The number of anilines is 2. The number of aliphatic hydroxyl groups excluding tert-OH is 2. The van der Waals surface area contributed by atoms with Crippen LogP contribution in [0.4, 0.5) is 16.3 Å². The van der Waals surface area contributed by atoms with Crippen LogP contribution < -0.4 is 21.1 Å². The second kappa shape index (κ2) is 7.03. The zero-order chi connectivity index (χ0) is 18.1. The first-order valence-electron chi connectivity index (χ1n) is 8.21. The average Bonchev–Trinajstić information content (AvgIpc) is 2.86. The Morgan fingerprint density at radius 2 is 2.24 bits per heavy atom. The molecular formula is C16H22N4O4S. The Morgan fingerprint density at radius 1 is 1.48 bits per heavy atom. The number of pyridine rings is 1. The minimum Gasteiger partial charge on any atom is -0.397 e. The molecule has 0 bridgehead atoms. The summed E-state index contributed by atoms with van der Waals surface area (Å²) in [7, 11) is 0. The molecule has 0 spiro atoms. The van der Waals surface area contributed by atoms with Gasteiger partial charge in [0.25, 0.3) is 0 Å². The van der Waals surface area contributed by atoms with Gasteiger partial charge in [0, 0.05) is 18.5 Å². The zero-order valence-electron chi connectivity index (χ0n) is 13.9. The quantitative estimate of drug-likeness (QED) is 0.639. The molecule has 1 amide bonds. The van der Waals surface area contributed by atoms with E-state index < -0.39 is 18.3 Å². The van der Waals surface area contributed by atoms with Gasteiger partial charge in [-0.3, -0.25) is 0 Å². The highest BCUT2D eigenvalue weighted by atomic mass is 32.1. The predicted molar refractivity (Wildman–Crippen MR) is 97.1 cm³/mol. The van der Waals surface area contributed by atoms with Gasteiger partial charge in [0.15, 0.2) is 0 Å². The Labute approximate surface area is 149 Å². The Hall–Kier alpha value is -2.10. The number of carbonyl (C=O) groups excluding carboxylic acids is 1. The fourth-order valence-electron chi connectivity index (χ4n) is 3.09. The van der Waals surface area contributed by atoms with Crippen molar-refractivity contribution in [2.75, 3.05) is 23.7 Å². The Kier molecular flexibility index (Phi) is 4.98. The molecule has 2 aromatic heterocycles. The summed E-state index contributed by atoms with van der Waals surface area (Å²) >= 11 is 1.17. The van der Waals surface area contributed by atoms with Crippen LogP contribution in [0.5, 0.6) is 5.06 Å². The van der Waals surface area contributed by atoms with Gasteiger partial charge in [-0.2, -0.15) is 0 Å². The summed E-state index contributed by atoms with van der Waals surface area (Å²) in [6.45, 7) is 2.99. The van der Waals surface area contributed by atoms with E-state index in [9.17, 15) is 15.0 Å². The van der Waals surface area contributed by atoms with Crippen LogP contribution in [-0.2, 0) is 6.42 Å². The number of ether oxygens (including phenoxy) is 1. The van der Waals surface area contributed by atoms with E-state index in [2.05, 4.69) is 11.9 Å². The van der Waals surface area contributed by atoms with Gasteiger partial charge in [-0.1, -0.05) is 24.7 Å². The van der Waals surface area contributed by atoms with Crippen molar-refractivity contribution in [2.45, 2.75) is 38.4 Å². The van der Waals surface area contributed by atoms with E-state index in [0.29, 0.717) is 35.8 Å². The van der Waals surface area contributed by atoms with Crippen LogP contribution in [0.2, 0.25) is 0 Å². The first-order chi connectivity index (χ1) is 11.9. The second-order valence-electron chi connectivity index (χ2n) is 6.16. The fraction of sp³-hybridized carbons (Fsp3) is 0.500. The highest BCUT2D eigenvalue weighted by Crippen LogP contribution is 2.42. The van der Waals surface area contributed by atoms with Gasteiger partial charge in [0.05, 0.1) is 17.9 Å². The number of hydrogen-bond acceptors (Lipinski definition) is 8. The first kappa shape index (κ1) is 17.7. The third-order valence-corrected chi connectivity index (χ3v) is 5.29. The van der Waals surface area contributed by atoms with E-state index in [1.807, 2.05) is 11.0 Å². The van der Waals surface area contributed by atoms with E-state index >= 15 is 0 Å². The lowest BCUT2D eigenvalue weighted by atomic mass is 10.0. The Balaban J connectivity index is 2.04. The van der Waals surface area contributed by atoms with Crippen LogP contribution in [-0.4, -0.2) is 46.6 Å². The lowest BCUT2D eigenvalue weighted by Gasteiger charge is -2.34. The van der Waals surface area contributed by atoms with E-state index in [4.69, 9.17) is 16.2 Å². The number of nitrogen functional groups attached to an aromatic ring is 1. The summed E-state index contributed by atoms with van der Waals surface area (Å²) in [5, 5.41) is 20.7. The van der Waals surface area contributed by atoms with Crippen molar-refractivity contribution >= 4 is 39.2 Å². The number of rotatable bonds is 4. The smallest absolute Gasteiger partial charge is 0.397 e. The number of amides is 1. The summed E-state index contributed by atoms with van der Waals surface area (Å²) in [5.41, 5.74) is 12.6. The van der Waals surface area contributed by atoms with Crippen molar-refractivity contribution in [2.24, 2.45) is 5.73 Å². The van der Waals surface area contributed by atoms with E-state index in [1.165, 1.54) is 11.3 Å². The molecule has 3 rings (SSSR count). The second-order valence-corrected chi connectivity index (χ2v) is 7.13. The van der Waals surface area contributed by atoms with Gasteiger partial charge in [0.1, 0.15) is 10.6 Å². The summed E-state index contributed by atoms with van der Waals surface area (Å²) in [6.07, 6.45) is -0.231. The molecule has 0 radical (unpaired) electrons. The topological polar surface area (TPSA) is 135 Å². The van der Waals surface area contributed by atoms with Gasteiger partial charge in [-0.05, 0) is 24.5 Å². The number of carbonyl (C=O) groups is 1. The maximum absolute atomic E-state index is 11.1. The Bertz CT molecular complexity index is 794. The van der Waals surface area contributed by atoms with Crippen LogP contribution >= 0.6 is 11.3 Å². The van der Waals surface area contributed by atoms with Crippen LogP contribution in [0.25, 0.3) is 10.2 Å². The summed E-state index contributed by atoms with van der Waals surface area (Å²) in [6, 6.07) is 1.95. The number of nitrogens with two attached hydrogens (primary N) is 2. The van der Waals surface area contributed by atoms with E-state index in [1.54, 1.807) is 0 Å². The Morgan fingerprint density at radius 3 is 2.88 bits per heavy atom. The number of β-amino-alcohol motifs (C(OH)–C–C–N with tert-alkyl or cyclic N) is 1. The molecule has 1 fully saturated rings. The lowest BCUT2D eigenvalue weighted by Crippen LogP contribution is -2.47. The van der Waals surface area contributed by atoms with E-state index in [0.717, 1.165) is 23.8 Å². The number of aryl methyl sites for hydroxylation is 1. The molecule has 25 heavy (non-hydrogen) atoms. The van der Waals surface area contributed by atoms with Gasteiger partial charge in [-0.15, -0.1) is 0 Å². The summed E-state index contributed by atoms with van der Waals surface area (Å²) in [4.78, 5) is 18.3. The number of primary amides is 1. The fourth-order valence-corrected chi connectivity index (χ4v) is 4.08. The van der Waals surface area contributed by atoms with Gasteiger partial charge in [-0.25, -0.2) is 9.78 Å². The van der Waals surface area contributed by atoms with Crippen LogP contribution in [0, 0.1) is 0 Å². The maximum atomic E-state index is 11.1. The molecule has 1 saturated heterocycles. The standard InChI is InChI=1S/C16H22N4O4S/c1-2-3-8-6-11(20-5-4-9(21)10(22)7-20)19-14-12(8)13(17)15(25-14)24-16(18)23/h6,9-10,21-22H,2-5,7,17H2,1H3,(H2,18,23)/t9?,10-/m0/s1. The largest absolute Gasteiger partial charge is 0.410 e. The molecule has 0 aliphatic carbocycles. The number of piperidine rings is 1. The van der Waals surface area contributed by atoms with Crippen molar-refractivity contribution in [3.8, 4) is 5.06 Å². The lowest BCUT2D eigenvalue weighted by molar-refractivity contribution is 0.00787. The van der Waals surface area contributed by atoms with Crippen molar-refractivity contribution in [3.63, 3.8) is 0 Å². The normalized spacial score (nSPS) is 20.8. The van der Waals surface area contributed by atoms with Crippen molar-refractivity contribution in [3.05, 3.63) is 11.6 Å². The molecule has 3 heterocycles. The number of aromatic nitrogens is 1. The molecule has 136 valence electrons. The van der Waals surface area contributed by atoms with Crippen molar-refractivity contribution < 1.29 is 19.7 Å². The monoisotopic (exact) mass is 366 g/mol. The number of aliphatic hydroxyl groups is 2. The molecule has 8 nitrogen and oxygen atoms in total. The number of nitrogens with zero attached hydrogens (tertiary/aromatic N) is 2. The highest BCUT2D eigenvalue weighted by Gasteiger charge is 2.28. The van der Waals surface area contributed by atoms with Crippen LogP contribution in [0.3, 0.4) is 0 Å². The molecule has 6 N–H and O–H groups in total. The number of fused-ring (bicyclic) bond motifs is 1. The molecule has 9 heteroatoms. The van der Waals surface area contributed by atoms with Crippen LogP contribution in [0.15, 0.2) is 6.07 Å². The van der Waals surface area contributed by atoms with E-state index in [-0.39, 0.29) is 5.06 Å². The zero-order valence-corrected chi connectivity index (χ0v) is 14.8. The molecule has 0 aromatic carbocycles. The third-order valence-electron chi connectivity index (χ3n) is 4.32. The summed E-state index contributed by atoms with van der Waals surface area (Å²) < 4.78 is 4.99. The van der Waals surface area contributed by atoms with Crippen molar-refractivity contribution in [1.82, 2.24) is 4.98 Å². The molecule has 2 aromatic rings. The predicted octanol–water partition coefficient (Wildman–Crippen LogP) is 1.22. The highest BCUT2D eigenvalue weighted by molar-refractivity contribution is 7.21. The number of thiophene rings is 1. The van der Waals surface area contributed by atoms with Crippen molar-refractivity contribution in [1.29, 1.82) is 0 Å². The first-order valence-corrected chi connectivity index (χ1v) is 9.02. The third kappa shape index (κ3) is 3.48. The maximum Gasteiger partial charge on any atom is 0.410 e. The van der Waals surface area contributed by atoms with Gasteiger partial charge >= 0.3 is 6.09 Å². The minimum atomic E-state index is -0.913. The molecule has 0 saturated carbocycles. The molecule has 1 aliphatic heterocycles. The SMILES string of the molecule is CCCc1cc(N2CCC(O)[C@@H](O)C2)nc2sc(OC(N)=O)c(N)c12.